The number of hydrogen-bond donors (Lipinski definition) is 2. The van der Waals surface area contributed by atoms with Gasteiger partial charge in [-0.2, -0.15) is 0 Å². The van der Waals surface area contributed by atoms with Crippen LogP contribution in [0.4, 0.5) is 5.95 Å². The molecule has 2 N–H and O–H groups in total. The van der Waals surface area contributed by atoms with Crippen molar-refractivity contribution in [2.75, 3.05) is 25.0 Å². The molecule has 2 heterocycles. The Kier molecular flexibility index (Phi) is 8.10. The molecule has 0 bridgehead atoms. The zero-order chi connectivity index (χ0) is 22.2. The highest BCUT2D eigenvalue weighted by Gasteiger charge is 2.17. The number of aromatic nitrogens is 2. The van der Waals surface area contributed by atoms with Gasteiger partial charge in [0.25, 0.3) is 5.91 Å². The molecule has 2 aliphatic rings. The lowest BCUT2D eigenvalue weighted by Crippen LogP contribution is -2.39. The number of benzene rings is 1. The predicted octanol–water partition coefficient (Wildman–Crippen LogP) is 4.88. The van der Waals surface area contributed by atoms with Crippen molar-refractivity contribution in [1.29, 1.82) is 0 Å². The first-order chi connectivity index (χ1) is 15.7. The lowest BCUT2D eigenvalue weighted by molar-refractivity contribution is 0.0949. The molecule has 1 saturated heterocycles. The van der Waals surface area contributed by atoms with Crippen LogP contribution in [-0.4, -0.2) is 52.5 Å². The SMILES string of the molecule is C[C@@H]1CCCCN1CCCNC(=O)c1cccc(-c2cnc(NC3CCCCC3)nc2)c1. The van der Waals surface area contributed by atoms with Crippen LogP contribution in [0.15, 0.2) is 36.7 Å². The Morgan fingerprint density at radius 3 is 2.59 bits per heavy atom. The second kappa shape index (κ2) is 11.4. The van der Waals surface area contributed by atoms with Crippen molar-refractivity contribution < 1.29 is 4.79 Å². The number of carbonyl (C=O) groups excluding carboxylic acids is 1. The lowest BCUT2D eigenvalue weighted by atomic mass is 9.96. The van der Waals surface area contributed by atoms with Gasteiger partial charge < -0.3 is 15.5 Å². The van der Waals surface area contributed by atoms with Crippen LogP contribution >= 0.6 is 0 Å². The van der Waals surface area contributed by atoms with Gasteiger partial charge in [-0.3, -0.25) is 4.79 Å². The topological polar surface area (TPSA) is 70.2 Å². The van der Waals surface area contributed by atoms with Crippen molar-refractivity contribution in [3.8, 4) is 11.1 Å². The van der Waals surface area contributed by atoms with Crippen LogP contribution in [0.5, 0.6) is 0 Å². The molecule has 2 fully saturated rings. The molecule has 6 nitrogen and oxygen atoms in total. The average Bonchev–Trinajstić information content (AvgIpc) is 2.84. The van der Waals surface area contributed by atoms with Gasteiger partial charge in [-0.25, -0.2) is 9.97 Å². The van der Waals surface area contributed by atoms with Crippen LogP contribution in [-0.2, 0) is 0 Å². The predicted molar refractivity (Wildman–Crippen MR) is 130 cm³/mol. The monoisotopic (exact) mass is 435 g/mol. The van der Waals surface area contributed by atoms with Crippen molar-refractivity contribution in [3.05, 3.63) is 42.2 Å². The summed E-state index contributed by atoms with van der Waals surface area (Å²) in [5, 5.41) is 6.53. The molecule has 1 aromatic carbocycles. The summed E-state index contributed by atoms with van der Waals surface area (Å²) in [7, 11) is 0. The Morgan fingerprint density at radius 2 is 1.81 bits per heavy atom. The molecule has 0 radical (unpaired) electrons. The molecule has 6 heteroatoms. The van der Waals surface area contributed by atoms with Crippen LogP contribution in [0.1, 0.15) is 75.1 Å². The van der Waals surface area contributed by atoms with Crippen LogP contribution < -0.4 is 10.6 Å². The van der Waals surface area contributed by atoms with E-state index in [0.717, 1.165) is 24.1 Å². The van der Waals surface area contributed by atoms with Gasteiger partial charge in [0, 0.05) is 48.7 Å². The van der Waals surface area contributed by atoms with Gasteiger partial charge in [0.2, 0.25) is 5.95 Å². The van der Waals surface area contributed by atoms with Crippen molar-refractivity contribution in [1.82, 2.24) is 20.2 Å². The van der Waals surface area contributed by atoms with Gasteiger partial charge in [0.05, 0.1) is 0 Å². The van der Waals surface area contributed by atoms with E-state index in [-0.39, 0.29) is 5.91 Å². The number of nitrogens with one attached hydrogen (secondary N) is 2. The summed E-state index contributed by atoms with van der Waals surface area (Å²) < 4.78 is 0. The third-order valence-corrected chi connectivity index (χ3v) is 6.90. The maximum atomic E-state index is 12.7. The zero-order valence-corrected chi connectivity index (χ0v) is 19.4. The van der Waals surface area contributed by atoms with Crippen molar-refractivity contribution >= 4 is 11.9 Å². The molecule has 1 aliphatic carbocycles. The number of piperidine rings is 1. The quantitative estimate of drug-likeness (QED) is 0.578. The number of likely N-dealkylation sites (tertiary alicyclic amines) is 1. The maximum absolute atomic E-state index is 12.7. The van der Waals surface area contributed by atoms with E-state index >= 15 is 0 Å². The van der Waals surface area contributed by atoms with E-state index in [4.69, 9.17) is 0 Å². The van der Waals surface area contributed by atoms with Crippen molar-refractivity contribution in [2.45, 2.75) is 76.8 Å². The summed E-state index contributed by atoms with van der Waals surface area (Å²) in [4.78, 5) is 24.2. The highest BCUT2D eigenvalue weighted by atomic mass is 16.1. The van der Waals surface area contributed by atoms with Crippen LogP contribution in [0, 0.1) is 0 Å². The fourth-order valence-electron chi connectivity index (χ4n) is 4.90. The molecule has 2 aromatic rings. The smallest absolute Gasteiger partial charge is 0.251 e. The van der Waals surface area contributed by atoms with E-state index in [1.807, 2.05) is 36.7 Å². The van der Waals surface area contributed by atoms with E-state index in [9.17, 15) is 4.79 Å². The Balaban J connectivity index is 1.28. The molecule has 1 atom stereocenters. The van der Waals surface area contributed by atoms with E-state index in [2.05, 4.69) is 32.4 Å². The van der Waals surface area contributed by atoms with Gasteiger partial charge >= 0.3 is 0 Å². The van der Waals surface area contributed by atoms with Crippen LogP contribution in [0.25, 0.3) is 11.1 Å². The molecule has 1 amide bonds. The zero-order valence-electron chi connectivity index (χ0n) is 19.4. The summed E-state index contributed by atoms with van der Waals surface area (Å²) in [6.07, 6.45) is 14.9. The van der Waals surface area contributed by atoms with Gasteiger partial charge in [0.1, 0.15) is 0 Å². The fourth-order valence-corrected chi connectivity index (χ4v) is 4.90. The summed E-state index contributed by atoms with van der Waals surface area (Å²) in [6.45, 7) is 5.26. The van der Waals surface area contributed by atoms with E-state index in [0.29, 0.717) is 30.1 Å². The van der Waals surface area contributed by atoms with E-state index in [1.54, 1.807) is 0 Å². The molecule has 1 aromatic heterocycles. The number of anilines is 1. The average molecular weight is 436 g/mol. The Bertz CT molecular complexity index is 863. The number of amides is 1. The van der Waals surface area contributed by atoms with Crippen LogP contribution in [0.2, 0.25) is 0 Å². The largest absolute Gasteiger partial charge is 0.352 e. The normalized spacial score (nSPS) is 20.1. The first kappa shape index (κ1) is 22.7. The molecule has 0 spiro atoms. The lowest BCUT2D eigenvalue weighted by Gasteiger charge is -2.33. The second-order valence-corrected chi connectivity index (χ2v) is 9.35. The number of carbonyl (C=O) groups is 1. The summed E-state index contributed by atoms with van der Waals surface area (Å²) >= 11 is 0. The molecule has 4 rings (SSSR count). The van der Waals surface area contributed by atoms with Gasteiger partial charge in [-0.1, -0.05) is 37.8 Å². The van der Waals surface area contributed by atoms with E-state index < -0.39 is 0 Å². The first-order valence-electron chi connectivity index (χ1n) is 12.4. The van der Waals surface area contributed by atoms with Crippen molar-refractivity contribution in [2.24, 2.45) is 0 Å². The third-order valence-electron chi connectivity index (χ3n) is 6.90. The van der Waals surface area contributed by atoms with Crippen LogP contribution in [0.3, 0.4) is 0 Å². The second-order valence-electron chi connectivity index (χ2n) is 9.35. The van der Waals surface area contributed by atoms with Gasteiger partial charge in [-0.05, 0) is 63.3 Å². The Labute approximate surface area is 192 Å². The van der Waals surface area contributed by atoms with E-state index in [1.165, 1.54) is 57.9 Å². The minimum Gasteiger partial charge on any atom is -0.352 e. The fraction of sp³-hybridized carbons (Fsp3) is 0.577. The maximum Gasteiger partial charge on any atom is 0.251 e. The standard InChI is InChI=1S/C26H37N5O/c1-20-9-5-6-15-31(20)16-8-14-27-25(32)22-11-7-10-21(17-22)23-18-28-26(29-19-23)30-24-12-3-2-4-13-24/h7,10-11,17-20,24H,2-6,8-9,12-16H2,1H3,(H,27,32)(H,28,29,30)/t20-/m1/s1. The molecule has 1 aliphatic heterocycles. The number of rotatable bonds is 8. The van der Waals surface area contributed by atoms with Crippen molar-refractivity contribution in [3.63, 3.8) is 0 Å². The molecular formula is C26H37N5O. The molecule has 0 unspecified atom stereocenters. The third kappa shape index (κ3) is 6.28. The summed E-state index contributed by atoms with van der Waals surface area (Å²) in [5.41, 5.74) is 2.56. The number of nitrogens with zero attached hydrogens (tertiary/aromatic N) is 3. The Morgan fingerprint density at radius 1 is 1.03 bits per heavy atom. The Hall–Kier alpha value is -2.47. The highest BCUT2D eigenvalue weighted by Crippen LogP contribution is 2.22. The molecular weight excluding hydrogens is 398 g/mol. The molecule has 1 saturated carbocycles. The minimum absolute atomic E-state index is 0.0185. The number of hydrogen-bond acceptors (Lipinski definition) is 5. The highest BCUT2D eigenvalue weighted by molar-refractivity contribution is 5.95. The molecule has 172 valence electrons. The molecule has 32 heavy (non-hydrogen) atoms. The van der Waals surface area contributed by atoms with Gasteiger partial charge in [0.15, 0.2) is 0 Å². The van der Waals surface area contributed by atoms with Gasteiger partial charge in [-0.15, -0.1) is 0 Å². The minimum atomic E-state index is -0.0185. The summed E-state index contributed by atoms with van der Waals surface area (Å²) in [6, 6.07) is 8.87. The first-order valence-corrected chi connectivity index (χ1v) is 12.4. The summed E-state index contributed by atoms with van der Waals surface area (Å²) in [5.74, 6) is 0.674.